The zero-order chi connectivity index (χ0) is 20.4. The second-order valence-electron chi connectivity index (χ2n) is 7.33. The van der Waals surface area contributed by atoms with Crippen LogP contribution in [0, 0.1) is 0 Å². The van der Waals surface area contributed by atoms with Crippen LogP contribution in [0.1, 0.15) is 34.0 Å². The molecule has 2 aromatic carbocycles. The summed E-state index contributed by atoms with van der Waals surface area (Å²) in [6.07, 6.45) is 1.17. The number of benzene rings is 2. The Morgan fingerprint density at radius 2 is 1.93 bits per heavy atom. The van der Waals surface area contributed by atoms with Gasteiger partial charge >= 0.3 is 0 Å². The van der Waals surface area contributed by atoms with E-state index in [2.05, 4.69) is 0 Å². The van der Waals surface area contributed by atoms with Gasteiger partial charge in [-0.05, 0) is 36.2 Å². The number of primary amides is 1. The molecular formula is C23H23N3O3. The number of likely N-dealkylation sites (tertiary alicyclic amines) is 1. The number of hydrogen-bond donors (Lipinski definition) is 1. The summed E-state index contributed by atoms with van der Waals surface area (Å²) in [6, 6.07) is 16.8. The molecule has 1 fully saturated rings. The molecule has 2 amide bonds. The number of nitrogens with two attached hydrogens (primary N) is 1. The molecule has 1 unspecified atom stereocenters. The summed E-state index contributed by atoms with van der Waals surface area (Å²) in [5, 5.41) is 0.759. The fraction of sp³-hybridized carbons (Fsp3) is 0.261. The van der Waals surface area contributed by atoms with E-state index in [-0.39, 0.29) is 11.8 Å². The van der Waals surface area contributed by atoms with Crippen molar-refractivity contribution in [3.8, 4) is 5.75 Å². The van der Waals surface area contributed by atoms with E-state index in [0.29, 0.717) is 25.1 Å². The molecule has 0 bridgehead atoms. The summed E-state index contributed by atoms with van der Waals surface area (Å²) in [4.78, 5) is 31.3. The number of para-hydroxylation sites is 1. The van der Waals surface area contributed by atoms with Gasteiger partial charge in [-0.3, -0.25) is 14.6 Å². The number of aromatic nitrogens is 1. The third-order valence-electron chi connectivity index (χ3n) is 5.48. The smallest absolute Gasteiger partial charge is 0.249 e. The highest BCUT2D eigenvalue weighted by Gasteiger charge is 2.29. The van der Waals surface area contributed by atoms with Gasteiger partial charge in [-0.25, -0.2) is 0 Å². The van der Waals surface area contributed by atoms with Crippen molar-refractivity contribution in [1.29, 1.82) is 0 Å². The third kappa shape index (κ3) is 3.92. The fourth-order valence-corrected chi connectivity index (χ4v) is 3.87. The molecule has 3 aromatic rings. The lowest BCUT2D eigenvalue weighted by Gasteiger charge is -2.17. The van der Waals surface area contributed by atoms with Gasteiger partial charge in [0, 0.05) is 30.1 Å². The number of pyridine rings is 1. The number of carbonyl (C=O) groups is 2. The summed E-state index contributed by atoms with van der Waals surface area (Å²) in [7, 11) is 1.62. The molecule has 1 aliphatic heterocycles. The van der Waals surface area contributed by atoms with Crippen molar-refractivity contribution in [1.82, 2.24) is 9.88 Å². The van der Waals surface area contributed by atoms with Crippen LogP contribution in [0.5, 0.6) is 5.75 Å². The van der Waals surface area contributed by atoms with Crippen LogP contribution < -0.4 is 10.5 Å². The zero-order valence-corrected chi connectivity index (χ0v) is 16.3. The van der Waals surface area contributed by atoms with Crippen LogP contribution in [0.2, 0.25) is 0 Å². The molecular weight excluding hydrogens is 366 g/mol. The molecule has 0 spiro atoms. The summed E-state index contributed by atoms with van der Waals surface area (Å²) in [5.41, 5.74) is 8.60. The highest BCUT2D eigenvalue weighted by Crippen LogP contribution is 2.29. The van der Waals surface area contributed by atoms with E-state index in [1.54, 1.807) is 13.2 Å². The van der Waals surface area contributed by atoms with E-state index in [4.69, 9.17) is 15.5 Å². The first-order valence-corrected chi connectivity index (χ1v) is 9.65. The van der Waals surface area contributed by atoms with Crippen molar-refractivity contribution in [3.63, 3.8) is 0 Å². The quantitative estimate of drug-likeness (QED) is 0.727. The maximum absolute atomic E-state index is 12.7. The molecule has 0 saturated carbocycles. The molecule has 1 saturated heterocycles. The number of nitrogens with zero attached hydrogens (tertiary/aromatic N) is 2. The Kier molecular flexibility index (Phi) is 5.16. The highest BCUT2D eigenvalue weighted by molar-refractivity contribution is 6.05. The second kappa shape index (κ2) is 7.91. The van der Waals surface area contributed by atoms with E-state index >= 15 is 0 Å². The summed E-state index contributed by atoms with van der Waals surface area (Å²) >= 11 is 0. The number of carbonyl (C=O) groups excluding carboxylic acids is 2. The van der Waals surface area contributed by atoms with Crippen molar-refractivity contribution in [2.75, 3.05) is 20.2 Å². The number of amides is 2. The van der Waals surface area contributed by atoms with Gasteiger partial charge in [0.15, 0.2) is 0 Å². The largest absolute Gasteiger partial charge is 0.497 e. The van der Waals surface area contributed by atoms with Crippen LogP contribution in [-0.4, -0.2) is 41.9 Å². The molecule has 4 rings (SSSR count). The monoisotopic (exact) mass is 389 g/mol. The standard InChI is InChI=1S/C23H23N3O3/c1-29-17-8-6-15(7-9-17)12-22(27)26-11-10-16(14-26)21-13-19(23(24)28)18-4-2-3-5-20(18)25-21/h2-9,13,16H,10-12,14H2,1H3,(H2,24,28). The van der Waals surface area contributed by atoms with Gasteiger partial charge in [0.1, 0.15) is 5.75 Å². The van der Waals surface area contributed by atoms with Gasteiger partial charge < -0.3 is 15.4 Å². The minimum absolute atomic E-state index is 0.0913. The number of fused-ring (bicyclic) bond motifs is 1. The van der Waals surface area contributed by atoms with Crippen LogP contribution in [0.4, 0.5) is 0 Å². The average molecular weight is 389 g/mol. The highest BCUT2D eigenvalue weighted by atomic mass is 16.5. The number of hydrogen-bond acceptors (Lipinski definition) is 4. The lowest BCUT2D eigenvalue weighted by molar-refractivity contribution is -0.129. The Morgan fingerprint density at radius 1 is 1.17 bits per heavy atom. The van der Waals surface area contributed by atoms with E-state index in [9.17, 15) is 9.59 Å². The summed E-state index contributed by atoms with van der Waals surface area (Å²) in [5.74, 6) is 0.497. The predicted octanol–water partition coefficient (Wildman–Crippen LogP) is 2.90. The molecule has 2 heterocycles. The van der Waals surface area contributed by atoms with Crippen LogP contribution in [0.25, 0.3) is 10.9 Å². The van der Waals surface area contributed by atoms with Crippen LogP contribution in [-0.2, 0) is 11.2 Å². The van der Waals surface area contributed by atoms with Crippen LogP contribution >= 0.6 is 0 Å². The molecule has 0 radical (unpaired) electrons. The van der Waals surface area contributed by atoms with Crippen molar-refractivity contribution in [3.05, 3.63) is 71.4 Å². The molecule has 2 N–H and O–H groups in total. The van der Waals surface area contributed by atoms with Crippen molar-refractivity contribution < 1.29 is 14.3 Å². The molecule has 1 aromatic heterocycles. The van der Waals surface area contributed by atoms with Crippen LogP contribution in [0.15, 0.2) is 54.6 Å². The van der Waals surface area contributed by atoms with Gasteiger partial charge in [-0.2, -0.15) is 0 Å². The normalized spacial score (nSPS) is 16.2. The average Bonchev–Trinajstić information content (AvgIpc) is 3.24. The topological polar surface area (TPSA) is 85.5 Å². The maximum atomic E-state index is 12.7. The van der Waals surface area contributed by atoms with Crippen LogP contribution in [0.3, 0.4) is 0 Å². The maximum Gasteiger partial charge on any atom is 0.249 e. The fourth-order valence-electron chi connectivity index (χ4n) is 3.87. The number of methoxy groups -OCH3 is 1. The SMILES string of the molecule is COc1ccc(CC(=O)N2CCC(c3cc(C(N)=O)c4ccccc4n3)C2)cc1. The van der Waals surface area contributed by atoms with Gasteiger partial charge in [0.05, 0.1) is 24.6 Å². The van der Waals surface area contributed by atoms with Crippen molar-refractivity contribution >= 4 is 22.7 Å². The molecule has 0 aliphatic carbocycles. The Morgan fingerprint density at radius 3 is 2.66 bits per heavy atom. The van der Waals surface area contributed by atoms with Gasteiger partial charge in [0.25, 0.3) is 0 Å². The Balaban J connectivity index is 1.50. The minimum atomic E-state index is -0.463. The predicted molar refractivity (Wildman–Crippen MR) is 111 cm³/mol. The van der Waals surface area contributed by atoms with E-state index < -0.39 is 5.91 Å². The Labute approximate surface area is 169 Å². The van der Waals surface area contributed by atoms with Gasteiger partial charge in [-0.1, -0.05) is 30.3 Å². The molecule has 1 atom stereocenters. The lowest BCUT2D eigenvalue weighted by atomic mass is 9.99. The molecule has 148 valence electrons. The van der Waals surface area contributed by atoms with Gasteiger partial charge in [-0.15, -0.1) is 0 Å². The second-order valence-corrected chi connectivity index (χ2v) is 7.33. The lowest BCUT2D eigenvalue weighted by Crippen LogP contribution is -2.30. The van der Waals surface area contributed by atoms with Crippen molar-refractivity contribution in [2.24, 2.45) is 5.73 Å². The first-order chi connectivity index (χ1) is 14.0. The van der Waals surface area contributed by atoms with E-state index in [1.165, 1.54) is 0 Å². The molecule has 29 heavy (non-hydrogen) atoms. The Bertz CT molecular complexity index is 1060. The Hall–Kier alpha value is -3.41. The minimum Gasteiger partial charge on any atom is -0.497 e. The summed E-state index contributed by atoms with van der Waals surface area (Å²) < 4.78 is 5.16. The first kappa shape index (κ1) is 18.9. The molecule has 1 aliphatic rings. The summed E-state index contributed by atoms with van der Waals surface area (Å²) in [6.45, 7) is 1.28. The van der Waals surface area contributed by atoms with Crippen molar-refractivity contribution in [2.45, 2.75) is 18.8 Å². The first-order valence-electron chi connectivity index (χ1n) is 9.65. The van der Waals surface area contributed by atoms with Gasteiger partial charge in [0.2, 0.25) is 11.8 Å². The number of rotatable bonds is 5. The third-order valence-corrected chi connectivity index (χ3v) is 5.48. The molecule has 6 nitrogen and oxygen atoms in total. The van der Waals surface area contributed by atoms with E-state index in [1.807, 2.05) is 53.4 Å². The zero-order valence-electron chi connectivity index (χ0n) is 16.3. The molecule has 6 heteroatoms. The number of ether oxygens (including phenoxy) is 1. The van der Waals surface area contributed by atoms with E-state index in [0.717, 1.165) is 34.3 Å².